The monoisotopic (exact) mass is 396 g/mol. The van der Waals surface area contributed by atoms with Gasteiger partial charge in [0, 0.05) is 19.3 Å². The molecule has 2 heterocycles. The Kier molecular flexibility index (Phi) is 6.26. The number of nitrogens with one attached hydrogen (secondary N) is 1. The number of nitrogens with zero attached hydrogens (tertiary/aromatic N) is 3. The van der Waals surface area contributed by atoms with Crippen LogP contribution in [0.15, 0.2) is 54.0 Å². The van der Waals surface area contributed by atoms with Crippen LogP contribution in [0, 0.1) is 0 Å². The Labute approximate surface area is 168 Å². The second-order valence-electron chi connectivity index (χ2n) is 6.94. The number of hydrogen-bond donors (Lipinski definition) is 1. The number of rotatable bonds is 7. The number of likely N-dealkylation sites (N-methyl/N-ethyl adjacent to an activating group) is 1. The molecule has 2 aromatic heterocycles. The van der Waals surface area contributed by atoms with Gasteiger partial charge in [0.05, 0.1) is 23.5 Å². The summed E-state index contributed by atoms with van der Waals surface area (Å²) >= 11 is 1.54. The maximum Gasteiger partial charge on any atom is 0.257 e. The largest absolute Gasteiger partial charge is 0.352 e. The van der Waals surface area contributed by atoms with Crippen LogP contribution in [0.1, 0.15) is 29.8 Å². The Morgan fingerprint density at radius 1 is 1.18 bits per heavy atom. The van der Waals surface area contributed by atoms with Crippen molar-refractivity contribution in [2.75, 3.05) is 13.6 Å². The Hall–Kier alpha value is -2.93. The molecule has 0 fully saturated rings. The van der Waals surface area contributed by atoms with E-state index in [1.54, 1.807) is 17.9 Å². The minimum atomic E-state index is -0.221. The van der Waals surface area contributed by atoms with Crippen LogP contribution in [0.5, 0.6) is 0 Å². The fourth-order valence-electron chi connectivity index (χ4n) is 2.89. The van der Waals surface area contributed by atoms with E-state index in [1.165, 1.54) is 16.2 Å². The average Bonchev–Trinajstić information content (AvgIpc) is 3.30. The standard InChI is InChI=1S/C21H24N4O2S/c1-15(2)22-19(26)14-24(3)21(27)17-13-25(12-16-8-5-4-6-9-16)23-20(17)18-10-7-11-28-18/h4-11,13,15H,12,14H2,1-3H3,(H,22,26). The van der Waals surface area contributed by atoms with E-state index in [4.69, 9.17) is 0 Å². The molecule has 3 rings (SSSR count). The minimum absolute atomic E-state index is 0.00472. The topological polar surface area (TPSA) is 67.2 Å². The predicted molar refractivity (Wildman–Crippen MR) is 111 cm³/mol. The van der Waals surface area contributed by atoms with Crippen molar-refractivity contribution in [1.29, 1.82) is 0 Å². The smallest absolute Gasteiger partial charge is 0.257 e. The maximum absolute atomic E-state index is 13.0. The van der Waals surface area contributed by atoms with Gasteiger partial charge in [0.2, 0.25) is 5.91 Å². The molecule has 0 aliphatic heterocycles. The number of aromatic nitrogens is 2. The summed E-state index contributed by atoms with van der Waals surface area (Å²) in [6.07, 6.45) is 1.77. The SMILES string of the molecule is CC(C)NC(=O)CN(C)C(=O)c1cn(Cc2ccccc2)nc1-c1cccs1. The van der Waals surface area contributed by atoms with E-state index >= 15 is 0 Å². The lowest BCUT2D eigenvalue weighted by molar-refractivity contribution is -0.122. The van der Waals surface area contributed by atoms with Gasteiger partial charge < -0.3 is 10.2 Å². The minimum Gasteiger partial charge on any atom is -0.352 e. The molecule has 1 aromatic carbocycles. The molecule has 0 aliphatic rings. The molecule has 28 heavy (non-hydrogen) atoms. The number of thiophene rings is 1. The number of carbonyl (C=O) groups is 2. The summed E-state index contributed by atoms with van der Waals surface area (Å²) in [5.74, 6) is -0.401. The zero-order valence-corrected chi connectivity index (χ0v) is 17.1. The average molecular weight is 397 g/mol. The van der Waals surface area contributed by atoms with Crippen molar-refractivity contribution in [2.45, 2.75) is 26.4 Å². The second kappa shape index (κ2) is 8.84. The van der Waals surface area contributed by atoms with Gasteiger partial charge in [-0.05, 0) is 30.9 Å². The molecule has 0 unspecified atom stereocenters. The van der Waals surface area contributed by atoms with Crippen molar-refractivity contribution in [2.24, 2.45) is 0 Å². The Morgan fingerprint density at radius 2 is 1.93 bits per heavy atom. The van der Waals surface area contributed by atoms with E-state index in [2.05, 4.69) is 10.4 Å². The normalized spacial score (nSPS) is 10.9. The van der Waals surface area contributed by atoms with Gasteiger partial charge in [-0.1, -0.05) is 36.4 Å². The fraction of sp³-hybridized carbons (Fsp3) is 0.286. The van der Waals surface area contributed by atoms with E-state index in [0.717, 1.165) is 10.4 Å². The number of amides is 2. The predicted octanol–water partition coefficient (Wildman–Crippen LogP) is 3.26. The lowest BCUT2D eigenvalue weighted by atomic mass is 10.2. The number of hydrogen-bond acceptors (Lipinski definition) is 4. The van der Waals surface area contributed by atoms with Crippen LogP contribution in [-0.2, 0) is 11.3 Å². The Morgan fingerprint density at radius 3 is 2.57 bits per heavy atom. The van der Waals surface area contributed by atoms with E-state index < -0.39 is 0 Å². The summed E-state index contributed by atoms with van der Waals surface area (Å²) in [5.41, 5.74) is 2.25. The van der Waals surface area contributed by atoms with Crippen LogP contribution in [-0.4, -0.2) is 46.1 Å². The summed E-state index contributed by atoms with van der Waals surface area (Å²) in [6, 6.07) is 13.9. The Bertz CT molecular complexity index is 933. The second-order valence-corrected chi connectivity index (χ2v) is 7.88. The third-order valence-electron chi connectivity index (χ3n) is 4.11. The first-order valence-corrected chi connectivity index (χ1v) is 10.0. The molecule has 0 saturated carbocycles. The molecule has 1 N–H and O–H groups in total. The highest BCUT2D eigenvalue weighted by Crippen LogP contribution is 2.27. The van der Waals surface area contributed by atoms with Crippen molar-refractivity contribution < 1.29 is 9.59 Å². The van der Waals surface area contributed by atoms with Gasteiger partial charge in [-0.3, -0.25) is 14.3 Å². The van der Waals surface area contributed by atoms with Gasteiger partial charge in [0.1, 0.15) is 5.69 Å². The van der Waals surface area contributed by atoms with Crippen LogP contribution in [0.2, 0.25) is 0 Å². The highest BCUT2D eigenvalue weighted by Gasteiger charge is 2.23. The molecule has 0 aliphatic carbocycles. The maximum atomic E-state index is 13.0. The molecule has 146 valence electrons. The van der Waals surface area contributed by atoms with Gasteiger partial charge in [0.15, 0.2) is 0 Å². The summed E-state index contributed by atoms with van der Waals surface area (Å²) in [4.78, 5) is 27.4. The van der Waals surface area contributed by atoms with Crippen LogP contribution in [0.4, 0.5) is 0 Å². The van der Waals surface area contributed by atoms with E-state index in [1.807, 2.05) is 61.7 Å². The summed E-state index contributed by atoms with van der Waals surface area (Å²) in [6.45, 7) is 4.36. The third-order valence-corrected chi connectivity index (χ3v) is 4.99. The Balaban J connectivity index is 1.86. The lowest BCUT2D eigenvalue weighted by Gasteiger charge is -2.17. The molecule has 7 heteroatoms. The molecule has 3 aromatic rings. The van der Waals surface area contributed by atoms with Crippen LogP contribution < -0.4 is 5.32 Å². The first kappa shape index (κ1) is 19.8. The molecule has 0 saturated heterocycles. The fourth-order valence-corrected chi connectivity index (χ4v) is 3.61. The van der Waals surface area contributed by atoms with E-state index in [9.17, 15) is 9.59 Å². The number of carbonyl (C=O) groups excluding carboxylic acids is 2. The first-order chi connectivity index (χ1) is 13.4. The van der Waals surface area contributed by atoms with Gasteiger partial charge in [-0.15, -0.1) is 11.3 Å². The van der Waals surface area contributed by atoms with Crippen LogP contribution in [0.25, 0.3) is 10.6 Å². The van der Waals surface area contributed by atoms with E-state index in [-0.39, 0.29) is 24.4 Å². The lowest BCUT2D eigenvalue weighted by Crippen LogP contribution is -2.40. The van der Waals surface area contributed by atoms with Crippen molar-refractivity contribution >= 4 is 23.2 Å². The number of benzene rings is 1. The zero-order chi connectivity index (χ0) is 20.1. The van der Waals surface area contributed by atoms with Crippen molar-refractivity contribution in [3.8, 4) is 10.6 Å². The van der Waals surface area contributed by atoms with Gasteiger partial charge in [-0.2, -0.15) is 5.10 Å². The van der Waals surface area contributed by atoms with Gasteiger partial charge >= 0.3 is 0 Å². The first-order valence-electron chi connectivity index (χ1n) is 9.14. The molecule has 0 radical (unpaired) electrons. The van der Waals surface area contributed by atoms with Crippen LogP contribution >= 0.6 is 11.3 Å². The van der Waals surface area contributed by atoms with Crippen LogP contribution in [0.3, 0.4) is 0 Å². The summed E-state index contributed by atoms with van der Waals surface area (Å²) in [7, 11) is 1.63. The highest BCUT2D eigenvalue weighted by molar-refractivity contribution is 7.13. The molecule has 0 atom stereocenters. The van der Waals surface area contributed by atoms with E-state index in [0.29, 0.717) is 17.8 Å². The molecule has 6 nitrogen and oxygen atoms in total. The molecule has 0 bridgehead atoms. The van der Waals surface area contributed by atoms with Crippen molar-refractivity contribution in [1.82, 2.24) is 20.0 Å². The highest BCUT2D eigenvalue weighted by atomic mass is 32.1. The third kappa shape index (κ3) is 4.86. The molecule has 2 amide bonds. The summed E-state index contributed by atoms with van der Waals surface area (Å²) in [5, 5.41) is 9.42. The van der Waals surface area contributed by atoms with Gasteiger partial charge in [0.25, 0.3) is 5.91 Å². The quantitative estimate of drug-likeness (QED) is 0.667. The molecular formula is C21H24N4O2S. The molecular weight excluding hydrogens is 372 g/mol. The van der Waals surface area contributed by atoms with Crippen molar-refractivity contribution in [3.63, 3.8) is 0 Å². The summed E-state index contributed by atoms with van der Waals surface area (Å²) < 4.78 is 1.78. The zero-order valence-electron chi connectivity index (χ0n) is 16.3. The molecule has 0 spiro atoms. The van der Waals surface area contributed by atoms with Crippen molar-refractivity contribution in [3.05, 3.63) is 65.2 Å². The van der Waals surface area contributed by atoms with Gasteiger partial charge in [-0.25, -0.2) is 0 Å².